The van der Waals surface area contributed by atoms with E-state index >= 15 is 0 Å². The molecular weight excluding hydrogens is 663 g/mol. The summed E-state index contributed by atoms with van der Waals surface area (Å²) in [6.45, 7) is 0. The first kappa shape index (κ1) is 31.3. The molecule has 55 heavy (non-hydrogen) atoms. The molecule has 0 radical (unpaired) electrons. The van der Waals surface area contributed by atoms with Crippen molar-refractivity contribution in [3.05, 3.63) is 212 Å². The maximum atomic E-state index is 2.42. The lowest BCUT2D eigenvalue weighted by atomic mass is 9.85. The predicted molar refractivity (Wildman–Crippen MR) is 235 cm³/mol. The van der Waals surface area contributed by atoms with Gasteiger partial charge in [0.15, 0.2) is 0 Å². The fourth-order valence-electron chi connectivity index (χ4n) is 8.88. The first-order chi connectivity index (χ1) is 27.3. The molecule has 0 amide bonds. The van der Waals surface area contributed by atoms with Gasteiger partial charge < -0.3 is 4.57 Å². The first-order valence-electron chi connectivity index (χ1n) is 19.0. The van der Waals surface area contributed by atoms with Gasteiger partial charge in [-0.25, -0.2) is 0 Å². The van der Waals surface area contributed by atoms with Crippen molar-refractivity contribution in [2.45, 2.75) is 0 Å². The zero-order valence-electron chi connectivity index (χ0n) is 30.2. The normalized spacial score (nSPS) is 11.6. The molecule has 1 heteroatoms. The van der Waals surface area contributed by atoms with Gasteiger partial charge in [0.25, 0.3) is 0 Å². The van der Waals surface area contributed by atoms with Crippen LogP contribution in [0.15, 0.2) is 212 Å². The van der Waals surface area contributed by atoms with Crippen molar-refractivity contribution in [2.75, 3.05) is 0 Å². The molecule has 256 valence electrons. The Morgan fingerprint density at radius 2 is 0.709 bits per heavy atom. The van der Waals surface area contributed by atoms with Crippen LogP contribution in [0.2, 0.25) is 0 Å². The molecule has 10 aromatic carbocycles. The Balaban J connectivity index is 1.05. The molecule has 0 fully saturated rings. The molecule has 0 unspecified atom stereocenters. The summed E-state index contributed by atoms with van der Waals surface area (Å²) in [5.74, 6) is 0. The average molecular weight is 698 g/mol. The van der Waals surface area contributed by atoms with E-state index in [1.165, 1.54) is 98.6 Å². The molecular formula is C54H35N. The molecule has 1 nitrogen and oxygen atoms in total. The van der Waals surface area contributed by atoms with Crippen LogP contribution < -0.4 is 0 Å². The number of nitrogens with zero attached hydrogens (tertiary/aromatic N) is 1. The van der Waals surface area contributed by atoms with Gasteiger partial charge in [0.1, 0.15) is 0 Å². The summed E-state index contributed by atoms with van der Waals surface area (Å²) in [5, 5.41) is 10.1. The van der Waals surface area contributed by atoms with Crippen LogP contribution in [0, 0.1) is 0 Å². The minimum Gasteiger partial charge on any atom is -0.309 e. The summed E-state index contributed by atoms with van der Waals surface area (Å²) in [7, 11) is 0. The van der Waals surface area contributed by atoms with Crippen LogP contribution in [-0.2, 0) is 0 Å². The molecule has 0 saturated heterocycles. The second-order valence-corrected chi connectivity index (χ2v) is 14.4. The lowest BCUT2D eigenvalue weighted by Gasteiger charge is -2.18. The van der Waals surface area contributed by atoms with Crippen molar-refractivity contribution in [2.24, 2.45) is 0 Å². The number of aromatic nitrogens is 1. The van der Waals surface area contributed by atoms with Crippen LogP contribution >= 0.6 is 0 Å². The lowest BCUT2D eigenvalue weighted by Crippen LogP contribution is -1.95. The average Bonchev–Trinajstić information content (AvgIpc) is 3.59. The first-order valence-corrected chi connectivity index (χ1v) is 19.0. The molecule has 0 saturated carbocycles. The fraction of sp³-hybridized carbons (Fsp3) is 0. The molecule has 1 heterocycles. The van der Waals surface area contributed by atoms with Gasteiger partial charge in [-0.3, -0.25) is 0 Å². The largest absolute Gasteiger partial charge is 0.309 e. The molecule has 0 aliphatic carbocycles. The number of hydrogen-bond acceptors (Lipinski definition) is 0. The number of para-hydroxylation sites is 1. The third-order valence-electron chi connectivity index (χ3n) is 11.4. The van der Waals surface area contributed by atoms with E-state index in [9.17, 15) is 0 Å². The van der Waals surface area contributed by atoms with Crippen molar-refractivity contribution in [1.29, 1.82) is 0 Å². The lowest BCUT2D eigenvalue weighted by molar-refractivity contribution is 1.18. The minimum absolute atomic E-state index is 1.15. The predicted octanol–water partition coefficient (Wildman–Crippen LogP) is 14.9. The van der Waals surface area contributed by atoms with Gasteiger partial charge in [-0.05, 0) is 107 Å². The van der Waals surface area contributed by atoms with E-state index in [-0.39, 0.29) is 0 Å². The Labute approximate surface area is 320 Å². The van der Waals surface area contributed by atoms with Crippen LogP contribution in [0.1, 0.15) is 0 Å². The molecule has 11 aromatic rings. The molecule has 11 rings (SSSR count). The summed E-state index contributed by atoms with van der Waals surface area (Å²) in [6, 6.07) is 77.7. The van der Waals surface area contributed by atoms with Gasteiger partial charge in [-0.1, -0.05) is 182 Å². The molecule has 0 N–H and O–H groups in total. The van der Waals surface area contributed by atoms with Crippen molar-refractivity contribution >= 4 is 54.1 Å². The monoisotopic (exact) mass is 697 g/mol. The summed E-state index contributed by atoms with van der Waals surface area (Å²) in [5.41, 5.74) is 13.5. The second kappa shape index (κ2) is 12.7. The van der Waals surface area contributed by atoms with Crippen molar-refractivity contribution in [1.82, 2.24) is 4.57 Å². The van der Waals surface area contributed by atoms with Crippen LogP contribution in [0.5, 0.6) is 0 Å². The Kier molecular flexibility index (Phi) is 7.25. The zero-order chi connectivity index (χ0) is 36.3. The van der Waals surface area contributed by atoms with Gasteiger partial charge >= 0.3 is 0 Å². The smallest absolute Gasteiger partial charge is 0.0541 e. The minimum atomic E-state index is 1.15. The Bertz CT molecular complexity index is 3160. The highest BCUT2D eigenvalue weighted by molar-refractivity contribution is 6.21. The number of rotatable bonds is 5. The Morgan fingerprint density at radius 1 is 0.255 bits per heavy atom. The van der Waals surface area contributed by atoms with Crippen LogP contribution in [0.3, 0.4) is 0 Å². The van der Waals surface area contributed by atoms with Crippen LogP contribution in [0.4, 0.5) is 0 Å². The number of fused-ring (bicyclic) bond motifs is 6. The van der Waals surface area contributed by atoms with Crippen molar-refractivity contribution in [3.8, 4) is 50.2 Å². The van der Waals surface area contributed by atoms with E-state index < -0.39 is 0 Å². The van der Waals surface area contributed by atoms with Gasteiger partial charge in [0.2, 0.25) is 0 Å². The zero-order valence-corrected chi connectivity index (χ0v) is 30.2. The van der Waals surface area contributed by atoms with E-state index in [0.717, 1.165) is 5.69 Å². The van der Waals surface area contributed by atoms with Crippen LogP contribution in [-0.4, -0.2) is 4.57 Å². The van der Waals surface area contributed by atoms with Gasteiger partial charge in [0, 0.05) is 16.5 Å². The third kappa shape index (κ3) is 5.09. The van der Waals surface area contributed by atoms with Crippen LogP contribution in [0.25, 0.3) is 104 Å². The SMILES string of the molecule is c1ccc(-c2ccc(-c3c4ccccc4c(-c4ccc(-n5c6ccccc6c6cc(-c7cccc8ccccc78)ccc65)cc4)c4ccccc34)cc2)cc1. The summed E-state index contributed by atoms with van der Waals surface area (Å²) >= 11 is 0. The summed E-state index contributed by atoms with van der Waals surface area (Å²) in [6.07, 6.45) is 0. The Morgan fingerprint density at radius 3 is 1.36 bits per heavy atom. The van der Waals surface area contributed by atoms with Gasteiger partial charge in [0.05, 0.1) is 11.0 Å². The van der Waals surface area contributed by atoms with E-state index in [2.05, 4.69) is 217 Å². The molecule has 0 aliphatic rings. The second-order valence-electron chi connectivity index (χ2n) is 14.4. The third-order valence-corrected chi connectivity index (χ3v) is 11.4. The molecule has 0 aliphatic heterocycles. The Hall–Kier alpha value is -7.22. The molecule has 0 bridgehead atoms. The maximum absolute atomic E-state index is 2.42. The van der Waals surface area contributed by atoms with E-state index in [1.54, 1.807) is 0 Å². The quantitative estimate of drug-likeness (QED) is 0.158. The summed E-state index contributed by atoms with van der Waals surface area (Å²) < 4.78 is 2.42. The van der Waals surface area contributed by atoms with E-state index in [1.807, 2.05) is 0 Å². The topological polar surface area (TPSA) is 4.93 Å². The highest BCUT2D eigenvalue weighted by atomic mass is 15.0. The standard InChI is InChI=1S/C54H35N/c1-2-13-36(14-3-1)37-25-27-39(28-26-37)53-46-19-6-8-21-48(46)54(49-22-9-7-20-47(49)53)40-29-32-42(33-30-40)55-51-24-11-10-18-45(51)50-35-41(31-34-52(50)55)44-23-12-16-38-15-4-5-17-43(38)44/h1-35H. The van der Waals surface area contributed by atoms with E-state index in [0.29, 0.717) is 0 Å². The molecule has 0 atom stereocenters. The summed E-state index contributed by atoms with van der Waals surface area (Å²) in [4.78, 5) is 0. The van der Waals surface area contributed by atoms with E-state index in [4.69, 9.17) is 0 Å². The van der Waals surface area contributed by atoms with Gasteiger partial charge in [-0.15, -0.1) is 0 Å². The van der Waals surface area contributed by atoms with Gasteiger partial charge in [-0.2, -0.15) is 0 Å². The van der Waals surface area contributed by atoms with Crippen molar-refractivity contribution < 1.29 is 0 Å². The number of benzene rings is 10. The fourth-order valence-corrected chi connectivity index (χ4v) is 8.88. The molecule has 1 aromatic heterocycles. The van der Waals surface area contributed by atoms with Crippen molar-refractivity contribution in [3.63, 3.8) is 0 Å². The highest BCUT2D eigenvalue weighted by Crippen LogP contribution is 2.44. The maximum Gasteiger partial charge on any atom is 0.0541 e. The number of hydrogen-bond donors (Lipinski definition) is 0. The highest BCUT2D eigenvalue weighted by Gasteiger charge is 2.18. The molecule has 0 spiro atoms.